The second kappa shape index (κ2) is 9.62. The highest BCUT2D eigenvalue weighted by atomic mass is 16.4. The van der Waals surface area contributed by atoms with E-state index in [4.69, 9.17) is 25.8 Å². The van der Waals surface area contributed by atoms with Crippen molar-refractivity contribution in [3.63, 3.8) is 0 Å². The van der Waals surface area contributed by atoms with E-state index < -0.39 is 18.0 Å². The van der Waals surface area contributed by atoms with E-state index >= 15 is 0 Å². The molecule has 82 valence electrons. The summed E-state index contributed by atoms with van der Waals surface area (Å²) >= 11 is 0. The summed E-state index contributed by atoms with van der Waals surface area (Å²) in [7, 11) is 0. The van der Waals surface area contributed by atoms with E-state index in [9.17, 15) is 9.59 Å². The number of carboxylic acid groups (broad SMARTS) is 2. The number of aliphatic hydroxyl groups is 1. The van der Waals surface area contributed by atoms with Crippen molar-refractivity contribution < 1.29 is 29.7 Å². The number of carboxylic acids is 2. The first-order valence-corrected chi connectivity index (χ1v) is 3.70. The van der Waals surface area contributed by atoms with Gasteiger partial charge in [0, 0.05) is 6.42 Å². The van der Waals surface area contributed by atoms with Crippen LogP contribution >= 0.6 is 0 Å². The van der Waals surface area contributed by atoms with Crippen molar-refractivity contribution in [3.8, 4) is 0 Å². The van der Waals surface area contributed by atoms with E-state index in [0.29, 0.717) is 6.29 Å². The van der Waals surface area contributed by atoms with Gasteiger partial charge in [-0.1, -0.05) is 0 Å². The summed E-state index contributed by atoms with van der Waals surface area (Å²) in [6.07, 6.45) is 0.206. The molecule has 0 radical (unpaired) electrons. The standard InChI is InChI=1S/C5H9NO4.C2H4O2/c6-3(5(9)10)1-2-4(7)8;3-1-2-4/h3H,1-2,6H2,(H,7,8)(H,9,10);1,4H,2H2/t3-;/m0./s1. The van der Waals surface area contributed by atoms with Crippen LogP contribution in [-0.4, -0.2) is 46.2 Å². The summed E-state index contributed by atoms with van der Waals surface area (Å²) in [5, 5.41) is 23.8. The second-order valence-electron chi connectivity index (χ2n) is 2.23. The van der Waals surface area contributed by atoms with Crippen LogP contribution in [0, 0.1) is 0 Å². The molecule has 5 N–H and O–H groups in total. The quantitative estimate of drug-likeness (QED) is 0.400. The monoisotopic (exact) mass is 207 g/mol. The molecule has 1 atom stereocenters. The van der Waals surface area contributed by atoms with Gasteiger partial charge in [-0.2, -0.15) is 0 Å². The molecule has 0 aromatic carbocycles. The lowest BCUT2D eigenvalue weighted by Gasteiger charge is -2.01. The first-order valence-electron chi connectivity index (χ1n) is 3.70. The maximum Gasteiger partial charge on any atom is 0.320 e. The number of hydrogen-bond donors (Lipinski definition) is 4. The predicted molar refractivity (Wildman–Crippen MR) is 45.6 cm³/mol. The number of nitrogens with two attached hydrogens (primary N) is 1. The van der Waals surface area contributed by atoms with Crippen LogP contribution in [0.15, 0.2) is 0 Å². The van der Waals surface area contributed by atoms with Gasteiger partial charge in [0.1, 0.15) is 12.3 Å². The third-order valence-corrected chi connectivity index (χ3v) is 1.06. The molecule has 0 saturated carbocycles. The first-order chi connectivity index (χ1) is 6.45. The van der Waals surface area contributed by atoms with E-state index in [1.807, 2.05) is 0 Å². The largest absolute Gasteiger partial charge is 0.481 e. The maximum atomic E-state index is 9.99. The van der Waals surface area contributed by atoms with Crippen LogP contribution in [0.5, 0.6) is 0 Å². The van der Waals surface area contributed by atoms with Crippen molar-refractivity contribution in [3.05, 3.63) is 0 Å². The van der Waals surface area contributed by atoms with Crippen molar-refractivity contribution in [2.75, 3.05) is 6.61 Å². The van der Waals surface area contributed by atoms with Crippen molar-refractivity contribution in [2.45, 2.75) is 18.9 Å². The molecule has 0 heterocycles. The van der Waals surface area contributed by atoms with Gasteiger partial charge in [-0.3, -0.25) is 9.59 Å². The van der Waals surface area contributed by atoms with Gasteiger partial charge in [-0.15, -0.1) is 0 Å². The predicted octanol–water partition coefficient (Wildman–Crippen LogP) is -1.56. The Morgan fingerprint density at radius 2 is 1.79 bits per heavy atom. The van der Waals surface area contributed by atoms with Crippen molar-refractivity contribution in [2.24, 2.45) is 5.73 Å². The molecule has 14 heavy (non-hydrogen) atoms. The molecule has 0 spiro atoms. The molecule has 0 aromatic rings. The van der Waals surface area contributed by atoms with Gasteiger partial charge in [0.15, 0.2) is 0 Å². The van der Waals surface area contributed by atoms with Gasteiger partial charge in [0.05, 0.1) is 6.61 Å². The highest BCUT2D eigenvalue weighted by molar-refractivity contribution is 5.74. The van der Waals surface area contributed by atoms with Crippen LogP contribution < -0.4 is 5.73 Å². The number of aliphatic carboxylic acids is 2. The first kappa shape index (κ1) is 15.0. The molecule has 0 aromatic heterocycles. The number of aliphatic hydroxyl groups excluding tert-OH is 1. The van der Waals surface area contributed by atoms with Crippen molar-refractivity contribution >= 4 is 18.2 Å². The molecular weight excluding hydrogens is 194 g/mol. The van der Waals surface area contributed by atoms with Crippen LogP contribution in [0.4, 0.5) is 0 Å². The average molecular weight is 207 g/mol. The van der Waals surface area contributed by atoms with E-state index in [-0.39, 0.29) is 19.4 Å². The fourth-order valence-electron chi connectivity index (χ4n) is 0.402. The molecule has 0 aliphatic carbocycles. The molecule has 0 fully saturated rings. The van der Waals surface area contributed by atoms with E-state index in [0.717, 1.165) is 0 Å². The highest BCUT2D eigenvalue weighted by Gasteiger charge is 2.12. The fraction of sp³-hybridized carbons (Fsp3) is 0.571. The lowest BCUT2D eigenvalue weighted by Crippen LogP contribution is -2.30. The van der Waals surface area contributed by atoms with Crippen LogP contribution in [0.2, 0.25) is 0 Å². The van der Waals surface area contributed by atoms with Gasteiger partial charge in [-0.05, 0) is 6.42 Å². The number of carbonyl (C=O) groups is 3. The Balaban J connectivity index is 0. The third-order valence-electron chi connectivity index (χ3n) is 1.06. The highest BCUT2D eigenvalue weighted by Crippen LogP contribution is 1.93. The van der Waals surface area contributed by atoms with Gasteiger partial charge >= 0.3 is 11.9 Å². The van der Waals surface area contributed by atoms with Crippen molar-refractivity contribution in [1.82, 2.24) is 0 Å². The lowest BCUT2D eigenvalue weighted by atomic mass is 10.2. The Labute approximate surface area is 80.1 Å². The van der Waals surface area contributed by atoms with Gasteiger partial charge < -0.3 is 25.8 Å². The molecule has 0 rings (SSSR count). The van der Waals surface area contributed by atoms with Gasteiger partial charge in [-0.25, -0.2) is 0 Å². The zero-order chi connectivity index (χ0) is 11.6. The van der Waals surface area contributed by atoms with Gasteiger partial charge in [0.25, 0.3) is 0 Å². The second-order valence-corrected chi connectivity index (χ2v) is 2.23. The summed E-state index contributed by atoms with van der Waals surface area (Å²) in [6, 6.07) is -1.06. The Morgan fingerprint density at radius 3 is 2.00 bits per heavy atom. The number of aldehydes is 1. The molecular formula is C7H13NO6. The fourth-order valence-corrected chi connectivity index (χ4v) is 0.402. The summed E-state index contributed by atoms with van der Waals surface area (Å²) < 4.78 is 0. The summed E-state index contributed by atoms with van der Waals surface area (Å²) in [5.74, 6) is -2.20. The number of rotatable bonds is 5. The van der Waals surface area contributed by atoms with Crippen LogP contribution in [0.3, 0.4) is 0 Å². The number of hydrogen-bond acceptors (Lipinski definition) is 5. The summed E-state index contributed by atoms with van der Waals surface area (Å²) in [6.45, 7) is -0.361. The molecule has 7 nitrogen and oxygen atoms in total. The zero-order valence-electron chi connectivity index (χ0n) is 7.42. The maximum absolute atomic E-state index is 9.99. The summed E-state index contributed by atoms with van der Waals surface area (Å²) in [4.78, 5) is 28.8. The lowest BCUT2D eigenvalue weighted by molar-refractivity contribution is -0.139. The third kappa shape index (κ3) is 13.1. The molecule has 0 bridgehead atoms. The average Bonchev–Trinajstić information content (AvgIpc) is 2.14. The van der Waals surface area contributed by atoms with Crippen LogP contribution in [0.1, 0.15) is 12.8 Å². The van der Waals surface area contributed by atoms with Gasteiger partial charge in [0.2, 0.25) is 0 Å². The minimum Gasteiger partial charge on any atom is -0.481 e. The minimum absolute atomic E-state index is 0.0231. The minimum atomic E-state index is -1.17. The molecule has 0 aliphatic rings. The molecule has 0 aliphatic heterocycles. The molecule has 7 heteroatoms. The van der Waals surface area contributed by atoms with Crippen LogP contribution in [0.25, 0.3) is 0 Å². The van der Waals surface area contributed by atoms with E-state index in [1.54, 1.807) is 0 Å². The molecule has 0 unspecified atom stereocenters. The number of carbonyl (C=O) groups excluding carboxylic acids is 1. The smallest absolute Gasteiger partial charge is 0.320 e. The van der Waals surface area contributed by atoms with Crippen LogP contribution in [-0.2, 0) is 14.4 Å². The molecule has 0 saturated heterocycles. The Morgan fingerprint density at radius 1 is 1.36 bits per heavy atom. The topological polar surface area (TPSA) is 138 Å². The SMILES string of the molecule is N[C@@H](CCC(=O)O)C(=O)O.O=CCO. The molecule has 0 amide bonds. The summed E-state index contributed by atoms with van der Waals surface area (Å²) in [5.41, 5.74) is 5.00. The van der Waals surface area contributed by atoms with Crippen molar-refractivity contribution in [1.29, 1.82) is 0 Å². The Bertz CT molecular complexity index is 193. The zero-order valence-corrected chi connectivity index (χ0v) is 7.42. The Hall–Kier alpha value is -1.47. The Kier molecular flexibility index (Phi) is 10.3. The van der Waals surface area contributed by atoms with E-state index in [1.165, 1.54) is 0 Å². The normalized spacial score (nSPS) is 10.7. The van der Waals surface area contributed by atoms with E-state index in [2.05, 4.69) is 0 Å².